The minimum absolute atomic E-state index is 0.0453. The van der Waals surface area contributed by atoms with Crippen molar-refractivity contribution < 1.29 is 0 Å². The van der Waals surface area contributed by atoms with Gasteiger partial charge in [0.2, 0.25) is 0 Å². The van der Waals surface area contributed by atoms with Gasteiger partial charge in [-0.25, -0.2) is 4.98 Å². The van der Waals surface area contributed by atoms with Crippen molar-refractivity contribution in [1.29, 1.82) is 0 Å². The van der Waals surface area contributed by atoms with Crippen LogP contribution in [0.1, 0.15) is 31.7 Å². The van der Waals surface area contributed by atoms with E-state index in [1.54, 1.807) is 23.0 Å². The third kappa shape index (κ3) is 2.26. The molecule has 3 rings (SSSR count). The van der Waals surface area contributed by atoms with Crippen LogP contribution in [0.3, 0.4) is 0 Å². The summed E-state index contributed by atoms with van der Waals surface area (Å²) in [6, 6.07) is 5.81. The zero-order valence-electron chi connectivity index (χ0n) is 10.6. The molecular formula is C14H16ClN3O. The molecule has 4 nitrogen and oxygen atoms in total. The van der Waals surface area contributed by atoms with Crippen LogP contribution in [0.2, 0.25) is 5.02 Å². The summed E-state index contributed by atoms with van der Waals surface area (Å²) in [5, 5.41) is 0.985. The SMILES string of the molecule is NC1CCC(n2cnc3cccc(Cl)c3c2=O)CC1. The second kappa shape index (κ2) is 4.94. The van der Waals surface area contributed by atoms with E-state index in [-0.39, 0.29) is 17.6 Å². The molecule has 5 heteroatoms. The molecule has 0 bridgehead atoms. The lowest BCUT2D eigenvalue weighted by molar-refractivity contribution is 0.317. The van der Waals surface area contributed by atoms with Crippen molar-refractivity contribution >= 4 is 22.5 Å². The van der Waals surface area contributed by atoms with Crippen LogP contribution in [0.25, 0.3) is 10.9 Å². The highest BCUT2D eigenvalue weighted by atomic mass is 35.5. The molecule has 100 valence electrons. The lowest BCUT2D eigenvalue weighted by Gasteiger charge is -2.27. The van der Waals surface area contributed by atoms with Gasteiger partial charge in [0.05, 0.1) is 22.3 Å². The molecule has 1 aromatic carbocycles. The Balaban J connectivity index is 2.08. The first-order valence-corrected chi connectivity index (χ1v) is 6.95. The average Bonchev–Trinajstić information content (AvgIpc) is 2.40. The van der Waals surface area contributed by atoms with E-state index in [0.717, 1.165) is 25.7 Å². The van der Waals surface area contributed by atoms with E-state index in [1.807, 2.05) is 6.07 Å². The fraction of sp³-hybridized carbons (Fsp3) is 0.429. The Morgan fingerprint density at radius 2 is 2.00 bits per heavy atom. The molecule has 1 fully saturated rings. The monoisotopic (exact) mass is 277 g/mol. The average molecular weight is 278 g/mol. The minimum atomic E-state index is -0.0453. The number of hydrogen-bond donors (Lipinski definition) is 1. The molecule has 0 spiro atoms. The number of nitrogens with two attached hydrogens (primary N) is 1. The van der Waals surface area contributed by atoms with Gasteiger partial charge in [-0.2, -0.15) is 0 Å². The Morgan fingerprint density at radius 1 is 1.26 bits per heavy atom. The van der Waals surface area contributed by atoms with Crippen LogP contribution in [-0.2, 0) is 0 Å². The summed E-state index contributed by atoms with van der Waals surface area (Å²) in [7, 11) is 0. The van der Waals surface area contributed by atoms with Crippen molar-refractivity contribution in [2.45, 2.75) is 37.8 Å². The molecule has 0 saturated heterocycles. The Kier molecular flexibility index (Phi) is 3.29. The van der Waals surface area contributed by atoms with E-state index in [2.05, 4.69) is 4.98 Å². The number of hydrogen-bond acceptors (Lipinski definition) is 3. The predicted octanol–water partition coefficient (Wildman–Crippen LogP) is 2.49. The van der Waals surface area contributed by atoms with E-state index in [1.165, 1.54) is 0 Å². The first-order chi connectivity index (χ1) is 9.16. The highest BCUT2D eigenvalue weighted by molar-refractivity contribution is 6.35. The first kappa shape index (κ1) is 12.6. The van der Waals surface area contributed by atoms with Crippen LogP contribution in [0.5, 0.6) is 0 Å². The Morgan fingerprint density at radius 3 is 2.74 bits per heavy atom. The van der Waals surface area contributed by atoms with Gasteiger partial charge in [0, 0.05) is 12.1 Å². The molecule has 2 aromatic rings. The van der Waals surface area contributed by atoms with Crippen LogP contribution >= 0.6 is 11.6 Å². The van der Waals surface area contributed by atoms with Crippen LogP contribution < -0.4 is 11.3 Å². The fourth-order valence-electron chi connectivity index (χ4n) is 2.78. The standard InChI is InChI=1S/C14H16ClN3O/c15-11-2-1-3-12-13(11)14(19)18(8-17-12)10-6-4-9(16)5-7-10/h1-3,8-10H,4-7,16H2. The molecule has 19 heavy (non-hydrogen) atoms. The maximum absolute atomic E-state index is 12.5. The third-order valence-electron chi connectivity index (χ3n) is 3.90. The highest BCUT2D eigenvalue weighted by Crippen LogP contribution is 2.27. The lowest BCUT2D eigenvalue weighted by atomic mass is 9.91. The summed E-state index contributed by atoms with van der Waals surface area (Å²) in [5.74, 6) is 0. The van der Waals surface area contributed by atoms with E-state index in [4.69, 9.17) is 17.3 Å². The lowest BCUT2D eigenvalue weighted by Crippen LogP contribution is -2.32. The molecule has 1 saturated carbocycles. The Hall–Kier alpha value is -1.39. The van der Waals surface area contributed by atoms with Crippen molar-refractivity contribution in [1.82, 2.24) is 9.55 Å². The molecule has 1 aromatic heterocycles. The van der Waals surface area contributed by atoms with Crippen molar-refractivity contribution in [3.05, 3.63) is 39.9 Å². The van der Waals surface area contributed by atoms with Crippen LogP contribution in [-0.4, -0.2) is 15.6 Å². The molecule has 1 heterocycles. The summed E-state index contributed by atoms with van der Waals surface area (Å²) < 4.78 is 1.72. The maximum atomic E-state index is 12.5. The number of nitrogens with zero attached hydrogens (tertiary/aromatic N) is 2. The minimum Gasteiger partial charge on any atom is -0.328 e. The van der Waals surface area contributed by atoms with Crippen molar-refractivity contribution in [2.75, 3.05) is 0 Å². The number of benzene rings is 1. The van der Waals surface area contributed by atoms with Gasteiger partial charge >= 0.3 is 0 Å². The molecule has 0 radical (unpaired) electrons. The number of rotatable bonds is 1. The van der Waals surface area contributed by atoms with Gasteiger partial charge in [0.1, 0.15) is 0 Å². The summed E-state index contributed by atoms with van der Waals surface area (Å²) in [5.41, 5.74) is 6.51. The van der Waals surface area contributed by atoms with Crippen LogP contribution in [0.15, 0.2) is 29.3 Å². The number of aromatic nitrogens is 2. The van der Waals surface area contributed by atoms with Crippen molar-refractivity contribution in [3.63, 3.8) is 0 Å². The summed E-state index contributed by atoms with van der Waals surface area (Å²) in [4.78, 5) is 16.9. The first-order valence-electron chi connectivity index (χ1n) is 6.58. The molecule has 1 aliphatic rings. The zero-order valence-corrected chi connectivity index (χ0v) is 11.3. The summed E-state index contributed by atoms with van der Waals surface area (Å²) in [6.07, 6.45) is 5.41. The predicted molar refractivity (Wildman–Crippen MR) is 76.5 cm³/mol. The normalized spacial score (nSPS) is 23.7. The van der Waals surface area contributed by atoms with Crippen molar-refractivity contribution in [3.8, 4) is 0 Å². The maximum Gasteiger partial charge on any atom is 0.262 e. The second-order valence-corrected chi connectivity index (χ2v) is 5.57. The molecule has 0 amide bonds. The fourth-order valence-corrected chi connectivity index (χ4v) is 3.03. The Bertz CT molecular complexity index is 659. The topological polar surface area (TPSA) is 60.9 Å². The van der Waals surface area contributed by atoms with Gasteiger partial charge in [-0.15, -0.1) is 0 Å². The van der Waals surface area contributed by atoms with Crippen LogP contribution in [0.4, 0.5) is 0 Å². The molecule has 0 unspecified atom stereocenters. The smallest absolute Gasteiger partial charge is 0.262 e. The molecule has 1 aliphatic carbocycles. The van der Waals surface area contributed by atoms with Gasteiger partial charge in [0.15, 0.2) is 0 Å². The van der Waals surface area contributed by atoms with Gasteiger partial charge in [-0.05, 0) is 37.8 Å². The Labute approximate surface area is 116 Å². The molecule has 0 aliphatic heterocycles. The second-order valence-electron chi connectivity index (χ2n) is 5.16. The van der Waals surface area contributed by atoms with E-state index >= 15 is 0 Å². The largest absolute Gasteiger partial charge is 0.328 e. The molecule has 0 atom stereocenters. The third-order valence-corrected chi connectivity index (χ3v) is 4.21. The zero-order chi connectivity index (χ0) is 13.4. The molecule has 2 N–H and O–H groups in total. The van der Waals surface area contributed by atoms with Crippen LogP contribution in [0, 0.1) is 0 Å². The van der Waals surface area contributed by atoms with Crippen molar-refractivity contribution in [2.24, 2.45) is 5.73 Å². The summed E-state index contributed by atoms with van der Waals surface area (Å²) in [6.45, 7) is 0. The molecular weight excluding hydrogens is 262 g/mol. The van der Waals surface area contributed by atoms with Gasteiger partial charge < -0.3 is 5.73 Å². The summed E-state index contributed by atoms with van der Waals surface area (Å²) >= 11 is 6.12. The number of fused-ring (bicyclic) bond motifs is 1. The van der Waals surface area contributed by atoms with Gasteiger partial charge in [-0.1, -0.05) is 17.7 Å². The number of halogens is 1. The van der Waals surface area contributed by atoms with E-state index < -0.39 is 0 Å². The van der Waals surface area contributed by atoms with Gasteiger partial charge in [-0.3, -0.25) is 9.36 Å². The van der Waals surface area contributed by atoms with E-state index in [9.17, 15) is 4.79 Å². The van der Waals surface area contributed by atoms with E-state index in [0.29, 0.717) is 15.9 Å². The highest BCUT2D eigenvalue weighted by Gasteiger charge is 2.21. The quantitative estimate of drug-likeness (QED) is 0.871. The van der Waals surface area contributed by atoms with Gasteiger partial charge in [0.25, 0.3) is 5.56 Å².